The Labute approximate surface area is 354 Å². The first-order valence-electron chi connectivity index (χ1n) is 20.8. The second-order valence-corrected chi connectivity index (χ2v) is 18.9. The summed E-state index contributed by atoms with van der Waals surface area (Å²) in [6, 6.07) is 30.5. The molecule has 4 unspecified atom stereocenters. The number of Topliss-reactive ketones (excluding diaryl/α,β-unsaturated/α-hetero) is 1. The molecule has 4 aliphatic rings. The van der Waals surface area contributed by atoms with Crippen LogP contribution in [-0.4, -0.2) is 56.4 Å². The van der Waals surface area contributed by atoms with Crippen LogP contribution >= 0.6 is 11.8 Å². The molecule has 9 nitrogen and oxygen atoms in total. The monoisotopic (exact) mass is 831 g/mol. The maximum atomic E-state index is 15.6. The lowest BCUT2D eigenvalue weighted by atomic mass is 9.60. The van der Waals surface area contributed by atoms with Crippen LogP contribution in [0.2, 0.25) is 0 Å². The number of β-lactam (4-membered cyclic amide) rings is 1. The molecular weight excluding hydrogens is 782 g/mol. The van der Waals surface area contributed by atoms with E-state index in [1.165, 1.54) is 34.9 Å². The molecule has 1 saturated carbocycles. The van der Waals surface area contributed by atoms with Gasteiger partial charge in [-0.15, -0.1) is 11.8 Å². The highest BCUT2D eigenvalue weighted by molar-refractivity contribution is 8.01. The van der Waals surface area contributed by atoms with Crippen molar-refractivity contribution in [3.63, 3.8) is 0 Å². The van der Waals surface area contributed by atoms with Crippen LogP contribution < -0.4 is 4.74 Å². The van der Waals surface area contributed by atoms with E-state index in [0.29, 0.717) is 23.8 Å². The predicted molar refractivity (Wildman–Crippen MR) is 225 cm³/mol. The maximum Gasteiger partial charge on any atom is 0.334 e. The summed E-state index contributed by atoms with van der Waals surface area (Å²) < 4.78 is 31.7. The molecule has 3 fully saturated rings. The van der Waals surface area contributed by atoms with Gasteiger partial charge in [-0.05, 0) is 74.1 Å². The van der Waals surface area contributed by atoms with Gasteiger partial charge in [-0.25, -0.2) is 9.18 Å². The predicted octanol–water partition coefficient (Wildman–Crippen LogP) is 8.66. The van der Waals surface area contributed by atoms with Gasteiger partial charge in [0.15, 0.2) is 5.78 Å². The minimum atomic E-state index is -2.07. The first kappa shape index (κ1) is 41.6. The molecule has 2 saturated heterocycles. The number of ether oxygens (including phenoxy) is 3. The Balaban J connectivity index is 1.21. The Morgan fingerprint density at radius 2 is 1.48 bits per heavy atom. The Bertz CT molecular complexity index is 2250. The third kappa shape index (κ3) is 7.49. The number of halogens is 1. The van der Waals surface area contributed by atoms with Crippen molar-refractivity contribution in [1.82, 2.24) is 4.90 Å². The number of carbonyl (C=O) groups excluding carboxylic acids is 4. The molecule has 60 heavy (non-hydrogen) atoms. The Hall–Kier alpha value is -5.10. The average molecular weight is 832 g/mol. The van der Waals surface area contributed by atoms with Crippen molar-refractivity contribution in [3.8, 4) is 5.75 Å². The molecule has 1 spiro atoms. The number of hydrogen-bond donors (Lipinski definition) is 1. The molecule has 1 N–H and O–H groups in total. The van der Waals surface area contributed by atoms with E-state index < -0.39 is 68.6 Å². The Kier molecular flexibility index (Phi) is 11.6. The third-order valence-electron chi connectivity index (χ3n) is 12.9. The zero-order valence-electron chi connectivity index (χ0n) is 34.0. The second-order valence-electron chi connectivity index (χ2n) is 17.1. The lowest BCUT2D eigenvalue weighted by molar-refractivity contribution is -0.271. The van der Waals surface area contributed by atoms with Crippen molar-refractivity contribution in [3.05, 3.63) is 149 Å². The number of para-hydroxylation sites is 1. The maximum absolute atomic E-state index is 15.6. The van der Waals surface area contributed by atoms with Crippen molar-refractivity contribution >= 4 is 35.4 Å². The molecule has 4 aromatic carbocycles. The largest absolute Gasteiger partial charge is 0.462 e. The van der Waals surface area contributed by atoms with Gasteiger partial charge in [-0.1, -0.05) is 118 Å². The summed E-state index contributed by atoms with van der Waals surface area (Å²) in [5.74, 6) is -7.18. The fraction of sp³-hybridized carbons (Fsp3) is 0.388. The molecule has 8 rings (SSSR count). The third-order valence-corrected chi connectivity index (χ3v) is 14.5. The SMILES string of the molecule is CC1CCC(CCOC(=O)C2=CC(C(=O)Oc3ccccc3)C3(C(=O)N4[C@@H](C(O)(OCc5ccccc5)c5ccccc5)C(C)(C)S[C@@H]43)C2C(=O)c2ccc(F)cc2)CC1. The molecule has 4 aromatic rings. The number of carbonyl (C=O) groups is 4. The summed E-state index contributed by atoms with van der Waals surface area (Å²) in [6.45, 7) is 6.13. The number of thioether (sulfide) groups is 1. The van der Waals surface area contributed by atoms with E-state index in [2.05, 4.69) is 6.92 Å². The number of amides is 1. The number of esters is 2. The van der Waals surface area contributed by atoms with Gasteiger partial charge >= 0.3 is 11.9 Å². The molecule has 2 heterocycles. The number of nitrogens with zero attached hydrogens (tertiary/aromatic N) is 1. The summed E-state index contributed by atoms with van der Waals surface area (Å²) in [6.07, 6.45) is 6.32. The van der Waals surface area contributed by atoms with Gasteiger partial charge in [0.1, 0.15) is 23.0 Å². The zero-order chi connectivity index (χ0) is 42.2. The van der Waals surface area contributed by atoms with Gasteiger partial charge in [0.2, 0.25) is 11.7 Å². The summed E-state index contributed by atoms with van der Waals surface area (Å²) in [7, 11) is 0. The van der Waals surface area contributed by atoms with E-state index in [9.17, 15) is 19.1 Å². The summed E-state index contributed by atoms with van der Waals surface area (Å²) >= 11 is 1.33. The highest BCUT2D eigenvalue weighted by atomic mass is 32.2. The molecule has 11 heteroatoms. The van der Waals surface area contributed by atoms with Crippen molar-refractivity contribution in [2.75, 3.05) is 6.61 Å². The van der Waals surface area contributed by atoms with Gasteiger partial charge in [0.05, 0.1) is 30.4 Å². The van der Waals surface area contributed by atoms with E-state index in [1.54, 1.807) is 54.6 Å². The van der Waals surface area contributed by atoms with Gasteiger partial charge < -0.3 is 24.2 Å². The van der Waals surface area contributed by atoms with Crippen molar-refractivity contribution < 1.29 is 42.9 Å². The minimum Gasteiger partial charge on any atom is -0.462 e. The summed E-state index contributed by atoms with van der Waals surface area (Å²) in [5, 5.41) is 12.0. The van der Waals surface area contributed by atoms with E-state index in [4.69, 9.17) is 14.2 Å². The van der Waals surface area contributed by atoms with Crippen LogP contribution in [0.4, 0.5) is 4.39 Å². The number of hydrogen-bond acceptors (Lipinski definition) is 9. The quantitative estimate of drug-likeness (QED) is 0.0464. The van der Waals surface area contributed by atoms with Gasteiger partial charge in [0, 0.05) is 21.4 Å². The fourth-order valence-electron chi connectivity index (χ4n) is 9.80. The van der Waals surface area contributed by atoms with Crippen LogP contribution in [0.1, 0.15) is 74.4 Å². The van der Waals surface area contributed by atoms with Crippen LogP contribution in [0.5, 0.6) is 5.75 Å². The highest BCUT2D eigenvalue weighted by Crippen LogP contribution is 2.69. The standard InChI is InChI=1S/C49H50FNO8S/c1-31-19-21-32(22-20-31)27-28-57-42(53)38-29-39(43(54)59-37-17-11-6-12-18-37)48(40(38)41(52)34-23-25-36(50)26-24-34)45(55)51-44(47(2,3)60-46(48)51)49(56,35-15-9-5-10-16-35)58-30-33-13-7-4-8-14-33/h4-18,23-26,29,31-32,39-40,44,46,56H,19-22,27-28,30H2,1-3H3/t31?,32?,39?,40?,44-,46-,48?,49?/m1/s1. The molecule has 2 aliphatic carbocycles. The molecule has 1 amide bonds. The van der Waals surface area contributed by atoms with Gasteiger partial charge in [-0.2, -0.15) is 0 Å². The minimum absolute atomic E-state index is 0.0104. The van der Waals surface area contributed by atoms with E-state index in [-0.39, 0.29) is 30.1 Å². The summed E-state index contributed by atoms with van der Waals surface area (Å²) in [4.78, 5) is 61.2. The molecule has 0 aromatic heterocycles. The van der Waals surface area contributed by atoms with Crippen LogP contribution in [0.15, 0.2) is 127 Å². The summed E-state index contributed by atoms with van der Waals surface area (Å²) in [5.41, 5.74) is -0.740. The fourth-order valence-corrected chi connectivity index (χ4v) is 11.7. The van der Waals surface area contributed by atoms with Crippen LogP contribution in [0.25, 0.3) is 0 Å². The average Bonchev–Trinajstić information content (AvgIpc) is 3.77. The van der Waals surface area contributed by atoms with Gasteiger partial charge in [0.25, 0.3) is 0 Å². The molecule has 0 bridgehead atoms. The number of aliphatic hydroxyl groups is 1. The van der Waals surface area contributed by atoms with Crippen LogP contribution in [0, 0.1) is 34.9 Å². The smallest absolute Gasteiger partial charge is 0.334 e. The highest BCUT2D eigenvalue weighted by Gasteiger charge is 2.81. The van der Waals surface area contributed by atoms with Crippen molar-refractivity contribution in [2.24, 2.45) is 29.1 Å². The molecule has 6 atom stereocenters. The van der Waals surface area contributed by atoms with Crippen LogP contribution in [0.3, 0.4) is 0 Å². The van der Waals surface area contributed by atoms with Crippen molar-refractivity contribution in [2.45, 2.75) is 81.4 Å². The first-order valence-corrected chi connectivity index (χ1v) is 21.6. The normalized spacial score (nSPS) is 27.6. The lowest BCUT2D eigenvalue weighted by Crippen LogP contribution is -2.76. The topological polar surface area (TPSA) is 119 Å². The van der Waals surface area contributed by atoms with E-state index in [1.807, 2.05) is 50.2 Å². The number of benzene rings is 4. The number of rotatable bonds is 13. The number of fused-ring (bicyclic) bond motifs is 2. The van der Waals surface area contributed by atoms with Crippen LogP contribution in [-0.2, 0) is 36.3 Å². The Morgan fingerprint density at radius 3 is 2.13 bits per heavy atom. The molecule has 0 radical (unpaired) electrons. The Morgan fingerprint density at radius 1 is 0.867 bits per heavy atom. The first-order chi connectivity index (χ1) is 28.8. The van der Waals surface area contributed by atoms with Gasteiger partial charge in [-0.3, -0.25) is 14.4 Å². The van der Waals surface area contributed by atoms with Crippen molar-refractivity contribution in [1.29, 1.82) is 0 Å². The lowest BCUT2D eigenvalue weighted by Gasteiger charge is -2.58. The zero-order valence-corrected chi connectivity index (χ0v) is 34.8. The molecule has 312 valence electrons. The molecular formula is C49H50FNO8S. The van der Waals surface area contributed by atoms with E-state index >= 15 is 9.59 Å². The second kappa shape index (κ2) is 16.7. The number of ketones is 1. The molecule has 2 aliphatic heterocycles. The van der Waals surface area contributed by atoms with E-state index in [0.717, 1.165) is 43.4 Å².